The zero-order chi connectivity index (χ0) is 5.70. The number of nitrogens with one attached hydrogen (secondary N) is 1. The van der Waals surface area contributed by atoms with Gasteiger partial charge in [-0.15, -0.1) is 11.6 Å². The Morgan fingerprint density at radius 3 is 2.43 bits per heavy atom. The van der Waals surface area contributed by atoms with Gasteiger partial charge in [0.2, 0.25) is 0 Å². The van der Waals surface area contributed by atoms with E-state index in [-0.39, 0.29) is 0 Å². The highest BCUT2D eigenvalue weighted by atomic mass is 35.5. The van der Waals surface area contributed by atoms with E-state index >= 15 is 0 Å². The second-order valence-corrected chi connectivity index (χ2v) is 2.18. The van der Waals surface area contributed by atoms with E-state index in [1.54, 1.807) is 0 Å². The lowest BCUT2D eigenvalue weighted by molar-refractivity contribution is 0.719. The van der Waals surface area contributed by atoms with Crippen molar-refractivity contribution in [3.05, 3.63) is 0 Å². The SMILES string of the molecule is CCC(Cl)CNC. The molecule has 1 unspecified atom stereocenters. The fourth-order valence-electron chi connectivity index (χ4n) is 0.366. The summed E-state index contributed by atoms with van der Waals surface area (Å²) in [5.41, 5.74) is 0. The largest absolute Gasteiger partial charge is 0.318 e. The fraction of sp³-hybridized carbons (Fsp3) is 1.00. The molecular weight excluding hydrogens is 110 g/mol. The Morgan fingerprint density at radius 2 is 2.29 bits per heavy atom. The minimum atomic E-state index is 0.310. The highest BCUT2D eigenvalue weighted by Crippen LogP contribution is 1.96. The van der Waals surface area contributed by atoms with Crippen LogP contribution in [0.3, 0.4) is 0 Å². The zero-order valence-corrected chi connectivity index (χ0v) is 5.63. The molecule has 0 aliphatic heterocycles. The molecule has 0 rings (SSSR count). The summed E-state index contributed by atoms with van der Waals surface area (Å²) in [5.74, 6) is 0. The van der Waals surface area contributed by atoms with E-state index in [1.807, 2.05) is 7.05 Å². The lowest BCUT2D eigenvalue weighted by atomic mass is 10.3. The van der Waals surface area contributed by atoms with Crippen molar-refractivity contribution < 1.29 is 0 Å². The van der Waals surface area contributed by atoms with E-state index in [1.165, 1.54) is 0 Å². The standard InChI is InChI=1S/C5H12ClN/c1-3-5(6)4-7-2/h5,7H,3-4H2,1-2H3. The predicted octanol–water partition coefficient (Wildman–Crippen LogP) is 1.22. The normalized spacial score (nSPS) is 14.1. The number of rotatable bonds is 3. The van der Waals surface area contributed by atoms with E-state index in [2.05, 4.69) is 12.2 Å². The number of hydrogen-bond acceptors (Lipinski definition) is 1. The lowest BCUT2D eigenvalue weighted by Gasteiger charge is -2.01. The second-order valence-electron chi connectivity index (χ2n) is 1.56. The van der Waals surface area contributed by atoms with Crippen LogP contribution in [-0.4, -0.2) is 19.0 Å². The van der Waals surface area contributed by atoms with Crippen LogP contribution in [-0.2, 0) is 0 Å². The van der Waals surface area contributed by atoms with Crippen LogP contribution in [0, 0.1) is 0 Å². The van der Waals surface area contributed by atoms with Crippen molar-refractivity contribution in [2.45, 2.75) is 18.7 Å². The van der Waals surface area contributed by atoms with Crippen LogP contribution in [0.4, 0.5) is 0 Å². The molecule has 44 valence electrons. The van der Waals surface area contributed by atoms with Crippen molar-refractivity contribution in [2.75, 3.05) is 13.6 Å². The Hall–Kier alpha value is 0.250. The first-order valence-electron chi connectivity index (χ1n) is 2.60. The average Bonchev–Trinajstić information content (AvgIpc) is 1.68. The van der Waals surface area contributed by atoms with Crippen molar-refractivity contribution in [1.82, 2.24) is 5.32 Å². The first-order chi connectivity index (χ1) is 3.31. The van der Waals surface area contributed by atoms with Gasteiger partial charge in [-0.25, -0.2) is 0 Å². The summed E-state index contributed by atoms with van der Waals surface area (Å²) in [4.78, 5) is 0. The van der Waals surface area contributed by atoms with Gasteiger partial charge in [0, 0.05) is 11.9 Å². The molecule has 0 saturated heterocycles. The van der Waals surface area contributed by atoms with Crippen molar-refractivity contribution in [1.29, 1.82) is 0 Å². The van der Waals surface area contributed by atoms with Gasteiger partial charge in [-0.05, 0) is 13.5 Å². The first-order valence-corrected chi connectivity index (χ1v) is 3.03. The third-order valence-electron chi connectivity index (χ3n) is 0.869. The van der Waals surface area contributed by atoms with Gasteiger partial charge in [-0.3, -0.25) is 0 Å². The number of halogens is 1. The molecule has 2 heteroatoms. The molecule has 0 aromatic rings. The van der Waals surface area contributed by atoms with Crippen LogP contribution in [0.1, 0.15) is 13.3 Å². The molecule has 0 bridgehead atoms. The van der Waals surface area contributed by atoms with Gasteiger partial charge < -0.3 is 5.32 Å². The highest BCUT2D eigenvalue weighted by Gasteiger charge is 1.94. The third kappa shape index (κ3) is 4.10. The molecule has 0 aliphatic rings. The Kier molecular flexibility index (Phi) is 4.57. The maximum atomic E-state index is 5.70. The topological polar surface area (TPSA) is 12.0 Å². The van der Waals surface area contributed by atoms with Gasteiger partial charge in [0.15, 0.2) is 0 Å². The highest BCUT2D eigenvalue weighted by molar-refractivity contribution is 6.20. The maximum Gasteiger partial charge on any atom is 0.0457 e. The summed E-state index contributed by atoms with van der Waals surface area (Å²) < 4.78 is 0. The molecule has 0 saturated carbocycles. The molecule has 7 heavy (non-hydrogen) atoms. The summed E-state index contributed by atoms with van der Waals surface area (Å²) in [5, 5.41) is 3.30. The van der Waals surface area contributed by atoms with Crippen molar-refractivity contribution in [2.24, 2.45) is 0 Å². The molecule has 0 spiro atoms. The summed E-state index contributed by atoms with van der Waals surface area (Å²) in [6, 6.07) is 0. The molecule has 1 nitrogen and oxygen atoms in total. The van der Waals surface area contributed by atoms with Gasteiger partial charge >= 0.3 is 0 Å². The van der Waals surface area contributed by atoms with Crippen LogP contribution in [0.5, 0.6) is 0 Å². The molecule has 0 aromatic heterocycles. The van der Waals surface area contributed by atoms with Crippen LogP contribution in [0.25, 0.3) is 0 Å². The fourth-order valence-corrected chi connectivity index (χ4v) is 0.520. The first kappa shape index (κ1) is 7.25. The molecule has 0 aliphatic carbocycles. The molecule has 0 fully saturated rings. The summed E-state index contributed by atoms with van der Waals surface area (Å²) in [6.45, 7) is 2.99. The number of alkyl halides is 1. The third-order valence-corrected chi connectivity index (χ3v) is 1.33. The second kappa shape index (κ2) is 4.41. The van der Waals surface area contributed by atoms with E-state index in [9.17, 15) is 0 Å². The van der Waals surface area contributed by atoms with Crippen LogP contribution in [0.2, 0.25) is 0 Å². The summed E-state index contributed by atoms with van der Waals surface area (Å²) >= 11 is 5.70. The predicted molar refractivity (Wildman–Crippen MR) is 33.9 cm³/mol. The Balaban J connectivity index is 2.83. The minimum absolute atomic E-state index is 0.310. The van der Waals surface area contributed by atoms with Crippen molar-refractivity contribution in [3.8, 4) is 0 Å². The van der Waals surface area contributed by atoms with Gasteiger partial charge in [-0.1, -0.05) is 6.92 Å². The smallest absolute Gasteiger partial charge is 0.0457 e. The molecule has 1 N–H and O–H groups in total. The molecule has 1 atom stereocenters. The Labute approximate surface area is 50.1 Å². The van der Waals surface area contributed by atoms with Gasteiger partial charge in [0.1, 0.15) is 0 Å². The van der Waals surface area contributed by atoms with Crippen molar-refractivity contribution in [3.63, 3.8) is 0 Å². The lowest BCUT2D eigenvalue weighted by Crippen LogP contribution is -2.17. The average molecular weight is 122 g/mol. The van der Waals surface area contributed by atoms with E-state index < -0.39 is 0 Å². The molecule has 0 radical (unpaired) electrons. The molecule has 0 heterocycles. The van der Waals surface area contributed by atoms with Crippen LogP contribution >= 0.6 is 11.6 Å². The monoisotopic (exact) mass is 121 g/mol. The molecule has 0 aromatic carbocycles. The van der Waals surface area contributed by atoms with Crippen LogP contribution in [0.15, 0.2) is 0 Å². The maximum absolute atomic E-state index is 5.70. The zero-order valence-electron chi connectivity index (χ0n) is 4.87. The quantitative estimate of drug-likeness (QED) is 0.554. The van der Waals surface area contributed by atoms with Gasteiger partial charge in [0.05, 0.1) is 0 Å². The van der Waals surface area contributed by atoms with Gasteiger partial charge in [-0.2, -0.15) is 0 Å². The van der Waals surface area contributed by atoms with Crippen molar-refractivity contribution >= 4 is 11.6 Å². The molecular formula is C5H12ClN. The van der Waals surface area contributed by atoms with E-state index in [4.69, 9.17) is 11.6 Å². The summed E-state index contributed by atoms with van der Waals surface area (Å²) in [7, 11) is 1.91. The van der Waals surface area contributed by atoms with Gasteiger partial charge in [0.25, 0.3) is 0 Å². The van der Waals surface area contributed by atoms with Crippen LogP contribution < -0.4 is 5.32 Å². The Bertz CT molecular complexity index is 39.1. The molecule has 0 amide bonds. The summed E-state index contributed by atoms with van der Waals surface area (Å²) in [6.07, 6.45) is 1.04. The number of hydrogen-bond donors (Lipinski definition) is 1. The Morgan fingerprint density at radius 1 is 1.71 bits per heavy atom. The minimum Gasteiger partial charge on any atom is -0.318 e. The van der Waals surface area contributed by atoms with E-state index in [0.29, 0.717) is 5.38 Å². The van der Waals surface area contributed by atoms with E-state index in [0.717, 1.165) is 13.0 Å².